The number of nitrogens with one attached hydrogen (secondary N) is 2. The molecular formula is C27H25F3N2O4. The van der Waals surface area contributed by atoms with Crippen molar-refractivity contribution in [1.82, 2.24) is 10.3 Å². The Morgan fingerprint density at radius 1 is 0.944 bits per heavy atom. The minimum absolute atomic E-state index is 0.0884. The van der Waals surface area contributed by atoms with E-state index in [1.807, 2.05) is 55.2 Å². The molecule has 0 bridgehead atoms. The van der Waals surface area contributed by atoms with Gasteiger partial charge in [-0.1, -0.05) is 24.3 Å². The average Bonchev–Trinajstić information content (AvgIpc) is 2.83. The summed E-state index contributed by atoms with van der Waals surface area (Å²) in [5.74, 6) is -0.0947. The highest BCUT2D eigenvalue weighted by molar-refractivity contribution is 5.94. The van der Waals surface area contributed by atoms with Crippen LogP contribution in [-0.4, -0.2) is 24.1 Å². The minimum atomic E-state index is -4.75. The normalized spacial score (nSPS) is 16.1. The summed E-state index contributed by atoms with van der Waals surface area (Å²) < 4.78 is 52.7. The van der Waals surface area contributed by atoms with Crippen LogP contribution in [0.5, 0.6) is 11.5 Å². The average molecular weight is 499 g/mol. The molecule has 3 aromatic rings. The van der Waals surface area contributed by atoms with Gasteiger partial charge >= 0.3 is 6.18 Å². The molecule has 0 unspecified atom stereocenters. The number of hydrogen-bond acceptors (Lipinski definition) is 4. The van der Waals surface area contributed by atoms with Gasteiger partial charge in [0.25, 0.3) is 11.5 Å². The van der Waals surface area contributed by atoms with E-state index in [1.165, 1.54) is 0 Å². The van der Waals surface area contributed by atoms with Gasteiger partial charge in [0.1, 0.15) is 22.8 Å². The molecule has 36 heavy (non-hydrogen) atoms. The molecule has 0 atom stereocenters. The number of aromatic nitrogens is 1. The number of halogens is 3. The molecule has 1 saturated heterocycles. The van der Waals surface area contributed by atoms with Gasteiger partial charge in [0, 0.05) is 24.3 Å². The fourth-order valence-corrected chi connectivity index (χ4v) is 4.87. The molecule has 0 radical (unpaired) electrons. The van der Waals surface area contributed by atoms with Crippen LogP contribution < -0.4 is 15.6 Å². The molecule has 6 nitrogen and oxygen atoms in total. The van der Waals surface area contributed by atoms with E-state index in [2.05, 4.69) is 5.32 Å². The second-order valence-corrected chi connectivity index (χ2v) is 9.32. The molecule has 0 aliphatic carbocycles. The Morgan fingerprint density at radius 2 is 1.53 bits per heavy atom. The largest absolute Gasteiger partial charge is 0.457 e. The summed E-state index contributed by atoms with van der Waals surface area (Å²) in [6.07, 6.45) is -4.01. The predicted molar refractivity (Wildman–Crippen MR) is 127 cm³/mol. The molecule has 2 aliphatic rings. The first kappa shape index (κ1) is 24.1. The van der Waals surface area contributed by atoms with Crippen molar-refractivity contribution in [3.05, 3.63) is 91.9 Å². The molecule has 9 heteroatoms. The van der Waals surface area contributed by atoms with Crippen molar-refractivity contribution in [2.45, 2.75) is 44.8 Å². The van der Waals surface area contributed by atoms with E-state index in [9.17, 15) is 22.8 Å². The maximum absolute atomic E-state index is 13.8. The van der Waals surface area contributed by atoms with Gasteiger partial charge in [0.2, 0.25) is 0 Å². The molecule has 2 aliphatic heterocycles. The summed E-state index contributed by atoms with van der Waals surface area (Å²) >= 11 is 0. The van der Waals surface area contributed by atoms with E-state index < -0.39 is 35.3 Å². The number of carbonyl (C=O) groups excluding carboxylic acids is 1. The lowest BCUT2D eigenvalue weighted by atomic mass is 9.89. The Hall–Kier alpha value is -3.59. The molecule has 1 fully saturated rings. The lowest BCUT2D eigenvalue weighted by molar-refractivity contribution is -0.142. The Bertz CT molecular complexity index is 1340. The van der Waals surface area contributed by atoms with Crippen LogP contribution in [0.3, 0.4) is 0 Å². The number of alkyl halides is 3. The lowest BCUT2D eigenvalue weighted by Gasteiger charge is -2.29. The third kappa shape index (κ3) is 4.51. The van der Waals surface area contributed by atoms with E-state index in [0.29, 0.717) is 48.7 Å². The van der Waals surface area contributed by atoms with Crippen molar-refractivity contribution in [1.29, 1.82) is 0 Å². The monoisotopic (exact) mass is 498 g/mol. The number of H-pyrrole nitrogens is 1. The fourth-order valence-electron chi connectivity index (χ4n) is 4.87. The fraction of sp³-hybridized carbons (Fsp3) is 0.333. The number of hydrogen-bond donors (Lipinski definition) is 2. The Morgan fingerprint density at radius 3 is 2.08 bits per heavy atom. The predicted octanol–water partition coefficient (Wildman–Crippen LogP) is 5.53. The number of benzene rings is 2. The summed E-state index contributed by atoms with van der Waals surface area (Å²) in [6, 6.07) is 11.6. The van der Waals surface area contributed by atoms with E-state index >= 15 is 0 Å². The standard InChI is InChI=1S/C27H25F3N2O4/c1-14-3-5-17-21(11-14)36-22-12-15(2)4-6-18(22)23(17)31-25(33)20-13-19(16-7-9-35-10-8-16)24(27(28,29)30)32-26(20)34/h3-6,11-13,16,23H,7-10H2,1-2H3,(H,31,33)(H,32,34). The van der Waals surface area contributed by atoms with E-state index in [1.54, 1.807) is 0 Å². The molecule has 0 spiro atoms. The smallest absolute Gasteiger partial charge is 0.431 e. The number of ether oxygens (including phenoxy) is 2. The summed E-state index contributed by atoms with van der Waals surface area (Å²) in [5, 5.41) is 2.87. The maximum atomic E-state index is 13.8. The highest BCUT2D eigenvalue weighted by Gasteiger charge is 2.38. The van der Waals surface area contributed by atoms with Crippen LogP contribution in [0.1, 0.15) is 68.7 Å². The van der Waals surface area contributed by atoms with Crippen LogP contribution in [-0.2, 0) is 10.9 Å². The van der Waals surface area contributed by atoms with Gasteiger partial charge in [-0.3, -0.25) is 9.59 Å². The van der Waals surface area contributed by atoms with Crippen molar-refractivity contribution in [2.75, 3.05) is 13.2 Å². The number of amides is 1. The van der Waals surface area contributed by atoms with Gasteiger partial charge in [-0.05, 0) is 67.5 Å². The van der Waals surface area contributed by atoms with E-state index in [-0.39, 0.29) is 11.1 Å². The Balaban J connectivity index is 1.56. The number of carbonyl (C=O) groups is 1. The SMILES string of the molecule is Cc1ccc2c(c1)Oc1cc(C)ccc1C2NC(=O)c1cc(C2CCOCC2)c(C(F)(F)F)[nH]c1=O. The van der Waals surface area contributed by atoms with Crippen molar-refractivity contribution in [2.24, 2.45) is 0 Å². The van der Waals surface area contributed by atoms with Crippen molar-refractivity contribution < 1.29 is 27.4 Å². The molecule has 1 amide bonds. The molecule has 1 aromatic heterocycles. The minimum Gasteiger partial charge on any atom is -0.457 e. The third-order valence-electron chi connectivity index (χ3n) is 6.72. The maximum Gasteiger partial charge on any atom is 0.431 e. The quantitative estimate of drug-likeness (QED) is 0.498. The zero-order valence-corrected chi connectivity index (χ0v) is 19.8. The first-order valence-electron chi connectivity index (χ1n) is 11.7. The molecular weight excluding hydrogens is 473 g/mol. The number of pyridine rings is 1. The zero-order chi connectivity index (χ0) is 25.6. The highest BCUT2D eigenvalue weighted by atomic mass is 19.4. The first-order valence-corrected chi connectivity index (χ1v) is 11.7. The van der Waals surface area contributed by atoms with Crippen molar-refractivity contribution >= 4 is 5.91 Å². The van der Waals surface area contributed by atoms with Crippen LogP contribution in [0, 0.1) is 13.8 Å². The summed E-state index contributed by atoms with van der Waals surface area (Å²) in [4.78, 5) is 28.1. The van der Waals surface area contributed by atoms with Crippen LogP contribution >= 0.6 is 0 Å². The van der Waals surface area contributed by atoms with E-state index in [4.69, 9.17) is 9.47 Å². The number of aromatic amines is 1. The summed E-state index contributed by atoms with van der Waals surface area (Å²) in [5.41, 5.74) is 0.675. The van der Waals surface area contributed by atoms with Gasteiger partial charge in [-0.2, -0.15) is 13.2 Å². The number of rotatable bonds is 3. The number of aryl methyl sites for hydroxylation is 2. The Labute approximate surface area is 205 Å². The highest BCUT2D eigenvalue weighted by Crippen LogP contribution is 2.44. The summed E-state index contributed by atoms with van der Waals surface area (Å²) in [7, 11) is 0. The van der Waals surface area contributed by atoms with Gasteiger partial charge in [-0.15, -0.1) is 0 Å². The van der Waals surface area contributed by atoms with Gasteiger partial charge in [0.15, 0.2) is 0 Å². The molecule has 2 aromatic carbocycles. The molecule has 3 heterocycles. The molecule has 188 valence electrons. The molecule has 0 saturated carbocycles. The third-order valence-corrected chi connectivity index (χ3v) is 6.72. The first-order chi connectivity index (χ1) is 17.1. The second-order valence-electron chi connectivity index (χ2n) is 9.32. The second kappa shape index (κ2) is 9.13. The number of fused-ring (bicyclic) bond motifs is 2. The van der Waals surface area contributed by atoms with Crippen LogP contribution in [0.4, 0.5) is 13.2 Å². The van der Waals surface area contributed by atoms with Gasteiger partial charge in [0.05, 0.1) is 6.04 Å². The Kier molecular flexibility index (Phi) is 6.12. The molecule has 5 rings (SSSR count). The topological polar surface area (TPSA) is 80.4 Å². The van der Waals surface area contributed by atoms with Crippen molar-refractivity contribution in [3.63, 3.8) is 0 Å². The van der Waals surface area contributed by atoms with Crippen LogP contribution in [0.2, 0.25) is 0 Å². The van der Waals surface area contributed by atoms with E-state index in [0.717, 1.165) is 17.2 Å². The van der Waals surface area contributed by atoms with Gasteiger partial charge in [-0.25, -0.2) is 0 Å². The zero-order valence-electron chi connectivity index (χ0n) is 19.8. The lowest BCUT2D eigenvalue weighted by Crippen LogP contribution is -2.36. The van der Waals surface area contributed by atoms with Crippen molar-refractivity contribution in [3.8, 4) is 11.5 Å². The van der Waals surface area contributed by atoms with Crippen LogP contribution in [0.25, 0.3) is 0 Å². The van der Waals surface area contributed by atoms with Gasteiger partial charge < -0.3 is 19.8 Å². The van der Waals surface area contributed by atoms with Crippen LogP contribution in [0.15, 0.2) is 47.3 Å². The summed E-state index contributed by atoms with van der Waals surface area (Å²) in [6.45, 7) is 4.47. The molecule has 2 N–H and O–H groups in total.